The molecule has 1 fully saturated rings. The SMILES string of the molecule is CCOC(O)[13C]1(C(O)OCC)CC1. The first-order valence-corrected chi connectivity index (χ1v) is 4.76. The topological polar surface area (TPSA) is 58.9 Å². The average molecular weight is 191 g/mol. The van der Waals surface area contributed by atoms with Crippen molar-refractivity contribution < 1.29 is 19.7 Å². The highest BCUT2D eigenvalue weighted by Gasteiger charge is 2.56. The largest absolute Gasteiger partial charge is 0.367 e. The van der Waals surface area contributed by atoms with Gasteiger partial charge in [-0.05, 0) is 26.7 Å². The summed E-state index contributed by atoms with van der Waals surface area (Å²) in [5.41, 5.74) is -0.563. The maximum absolute atomic E-state index is 9.57. The Bertz CT molecular complexity index is 142. The van der Waals surface area contributed by atoms with Crippen LogP contribution in [0.5, 0.6) is 0 Å². The molecule has 78 valence electrons. The van der Waals surface area contributed by atoms with Crippen molar-refractivity contribution in [3.05, 3.63) is 0 Å². The number of ether oxygens (including phenoxy) is 2. The highest BCUT2D eigenvalue weighted by molar-refractivity contribution is 4.98. The molecule has 0 spiro atoms. The summed E-state index contributed by atoms with van der Waals surface area (Å²) in [7, 11) is 0. The molecule has 0 aromatic heterocycles. The van der Waals surface area contributed by atoms with Crippen molar-refractivity contribution in [1.29, 1.82) is 0 Å². The van der Waals surface area contributed by atoms with Gasteiger partial charge in [-0.3, -0.25) is 0 Å². The van der Waals surface area contributed by atoms with Crippen LogP contribution in [0.2, 0.25) is 0 Å². The molecule has 1 saturated carbocycles. The summed E-state index contributed by atoms with van der Waals surface area (Å²) in [6, 6.07) is 0. The Kier molecular flexibility index (Phi) is 3.67. The zero-order valence-corrected chi connectivity index (χ0v) is 8.19. The molecule has 0 aromatic rings. The van der Waals surface area contributed by atoms with E-state index < -0.39 is 18.0 Å². The van der Waals surface area contributed by atoms with Gasteiger partial charge in [-0.25, -0.2) is 0 Å². The molecule has 0 heterocycles. The van der Waals surface area contributed by atoms with Crippen molar-refractivity contribution in [1.82, 2.24) is 0 Å². The van der Waals surface area contributed by atoms with Crippen LogP contribution in [0.1, 0.15) is 26.7 Å². The second-order valence-electron chi connectivity index (χ2n) is 3.35. The first-order valence-electron chi connectivity index (χ1n) is 4.76. The van der Waals surface area contributed by atoms with Crippen LogP contribution in [0.15, 0.2) is 0 Å². The standard InChI is InChI=1S/C9H18O4/c1-3-12-7(10)9(5-6-9)8(11)13-4-2/h7-8,10-11H,3-6H2,1-2H3/i9+1. The third kappa shape index (κ3) is 2.20. The lowest BCUT2D eigenvalue weighted by Crippen LogP contribution is -2.37. The van der Waals surface area contributed by atoms with Crippen LogP contribution >= 0.6 is 0 Å². The lowest BCUT2D eigenvalue weighted by Gasteiger charge is -2.26. The smallest absolute Gasteiger partial charge is 0.164 e. The first-order chi connectivity index (χ1) is 6.17. The summed E-state index contributed by atoms with van der Waals surface area (Å²) < 4.78 is 10.1. The number of hydrogen-bond donors (Lipinski definition) is 2. The van der Waals surface area contributed by atoms with Crippen LogP contribution in [0, 0.1) is 5.41 Å². The van der Waals surface area contributed by atoms with Gasteiger partial charge in [0.05, 0.1) is 5.41 Å². The Morgan fingerprint density at radius 3 is 1.69 bits per heavy atom. The van der Waals surface area contributed by atoms with Crippen LogP contribution in [0.3, 0.4) is 0 Å². The Morgan fingerprint density at radius 1 is 1.08 bits per heavy atom. The van der Waals surface area contributed by atoms with E-state index in [2.05, 4.69) is 0 Å². The molecule has 13 heavy (non-hydrogen) atoms. The Hall–Kier alpha value is -0.160. The molecule has 2 atom stereocenters. The average Bonchev–Trinajstić information content (AvgIpc) is 2.85. The fourth-order valence-corrected chi connectivity index (χ4v) is 1.41. The van der Waals surface area contributed by atoms with E-state index in [-0.39, 0.29) is 0 Å². The molecule has 0 bridgehead atoms. The number of hydrogen-bond acceptors (Lipinski definition) is 4. The fraction of sp³-hybridized carbons (Fsp3) is 1.00. The van der Waals surface area contributed by atoms with Gasteiger partial charge in [-0.1, -0.05) is 0 Å². The van der Waals surface area contributed by atoms with Gasteiger partial charge in [-0.15, -0.1) is 0 Å². The van der Waals surface area contributed by atoms with Crippen molar-refractivity contribution in [2.45, 2.75) is 39.3 Å². The summed E-state index contributed by atoms with van der Waals surface area (Å²) in [6.07, 6.45) is -0.289. The second kappa shape index (κ2) is 4.37. The minimum absolute atomic E-state index is 0.446. The maximum atomic E-state index is 9.57. The minimum atomic E-state index is -0.904. The highest BCUT2D eigenvalue weighted by atomic mass is 16.6. The quantitative estimate of drug-likeness (QED) is 0.473. The molecule has 1 aliphatic rings. The summed E-state index contributed by atoms with van der Waals surface area (Å²) >= 11 is 0. The summed E-state index contributed by atoms with van der Waals surface area (Å²) in [5, 5.41) is 19.1. The van der Waals surface area contributed by atoms with Gasteiger partial charge >= 0.3 is 0 Å². The van der Waals surface area contributed by atoms with E-state index in [0.717, 1.165) is 12.8 Å². The van der Waals surface area contributed by atoms with E-state index in [1.165, 1.54) is 0 Å². The molecule has 4 heteroatoms. The lowest BCUT2D eigenvalue weighted by atomic mass is 10.5. The molecule has 0 amide bonds. The highest BCUT2D eigenvalue weighted by Crippen LogP contribution is 2.52. The zero-order chi connectivity index (χ0) is 9.90. The molecule has 0 radical (unpaired) electrons. The number of aliphatic hydroxyl groups is 2. The van der Waals surface area contributed by atoms with E-state index in [4.69, 9.17) is 9.47 Å². The molecule has 0 saturated heterocycles. The van der Waals surface area contributed by atoms with Gasteiger partial charge in [0.2, 0.25) is 0 Å². The van der Waals surface area contributed by atoms with Crippen molar-refractivity contribution in [3.63, 3.8) is 0 Å². The first kappa shape index (κ1) is 10.9. The van der Waals surface area contributed by atoms with Gasteiger partial charge in [0.15, 0.2) is 12.6 Å². The second-order valence-corrected chi connectivity index (χ2v) is 3.35. The monoisotopic (exact) mass is 191 g/mol. The normalized spacial score (nSPS) is 24.0. The van der Waals surface area contributed by atoms with E-state index in [1.807, 2.05) is 13.8 Å². The molecule has 4 nitrogen and oxygen atoms in total. The molecular formula is C9H18O4. The zero-order valence-electron chi connectivity index (χ0n) is 8.19. The molecule has 1 rings (SSSR count). The summed E-state index contributed by atoms with van der Waals surface area (Å²) in [4.78, 5) is 0. The predicted molar refractivity (Wildman–Crippen MR) is 46.9 cm³/mol. The third-order valence-electron chi connectivity index (χ3n) is 2.46. The Morgan fingerprint density at radius 2 is 1.46 bits per heavy atom. The molecule has 0 aromatic carbocycles. The van der Waals surface area contributed by atoms with Crippen molar-refractivity contribution in [2.75, 3.05) is 13.2 Å². The number of rotatable bonds is 6. The molecule has 1 aliphatic carbocycles. The van der Waals surface area contributed by atoms with Crippen LogP contribution in [-0.4, -0.2) is 36.0 Å². The van der Waals surface area contributed by atoms with Crippen molar-refractivity contribution in [2.24, 2.45) is 5.41 Å². The van der Waals surface area contributed by atoms with Crippen LogP contribution in [0.25, 0.3) is 0 Å². The summed E-state index contributed by atoms with van der Waals surface area (Å²) in [6.45, 7) is 4.52. The molecular weight excluding hydrogens is 173 g/mol. The Balaban J connectivity index is 2.44. The molecule has 0 aliphatic heterocycles. The van der Waals surface area contributed by atoms with Gasteiger partial charge in [0.25, 0.3) is 0 Å². The summed E-state index contributed by atoms with van der Waals surface area (Å²) in [5.74, 6) is 0. The van der Waals surface area contributed by atoms with Crippen LogP contribution < -0.4 is 0 Å². The third-order valence-corrected chi connectivity index (χ3v) is 2.46. The van der Waals surface area contributed by atoms with E-state index in [1.54, 1.807) is 0 Å². The lowest BCUT2D eigenvalue weighted by molar-refractivity contribution is -0.229. The minimum Gasteiger partial charge on any atom is -0.367 e. The molecule has 2 unspecified atom stereocenters. The molecule has 2 N–H and O–H groups in total. The fourth-order valence-electron chi connectivity index (χ4n) is 1.41. The van der Waals surface area contributed by atoms with Gasteiger partial charge < -0.3 is 19.7 Å². The Labute approximate surface area is 78.5 Å². The van der Waals surface area contributed by atoms with Crippen molar-refractivity contribution >= 4 is 0 Å². The van der Waals surface area contributed by atoms with Gasteiger partial charge in [0, 0.05) is 13.2 Å². The van der Waals surface area contributed by atoms with Crippen LogP contribution in [0.4, 0.5) is 0 Å². The number of aliphatic hydroxyl groups excluding tert-OH is 2. The van der Waals surface area contributed by atoms with Gasteiger partial charge in [0.1, 0.15) is 0 Å². The van der Waals surface area contributed by atoms with Crippen molar-refractivity contribution in [3.8, 4) is 0 Å². The van der Waals surface area contributed by atoms with E-state index in [9.17, 15) is 10.2 Å². The maximum Gasteiger partial charge on any atom is 0.164 e. The van der Waals surface area contributed by atoms with Gasteiger partial charge in [-0.2, -0.15) is 0 Å². The predicted octanol–water partition coefficient (Wildman–Crippen LogP) is 0.476. The van der Waals surface area contributed by atoms with E-state index >= 15 is 0 Å². The van der Waals surface area contributed by atoms with E-state index in [0.29, 0.717) is 13.2 Å². The van der Waals surface area contributed by atoms with Crippen LogP contribution in [-0.2, 0) is 9.47 Å².